The maximum Gasteiger partial charge on any atom is 0.248 e. The second-order valence-corrected chi connectivity index (χ2v) is 8.09. The summed E-state index contributed by atoms with van der Waals surface area (Å²) in [4.78, 5) is 16.9. The van der Waals surface area contributed by atoms with E-state index in [9.17, 15) is 9.18 Å². The molecule has 2 saturated heterocycles. The molecule has 2 aromatic carbocycles. The average Bonchev–Trinajstić information content (AvgIpc) is 2.81. The highest BCUT2D eigenvalue weighted by molar-refractivity contribution is 5.78. The predicted octanol–water partition coefficient (Wildman–Crippen LogP) is 3.61. The minimum absolute atomic E-state index is 0.0560. The van der Waals surface area contributed by atoms with Gasteiger partial charge in [-0.05, 0) is 42.7 Å². The molecule has 0 bridgehead atoms. The average molecular weight is 425 g/mol. The summed E-state index contributed by atoms with van der Waals surface area (Å²) < 4.78 is 24.4. The van der Waals surface area contributed by atoms with Crippen LogP contribution < -0.4 is 4.74 Å². The molecule has 0 N–H and O–H groups in total. The van der Waals surface area contributed by atoms with E-state index in [0.29, 0.717) is 18.9 Å². The van der Waals surface area contributed by atoms with Crippen LogP contribution in [0.1, 0.15) is 18.4 Å². The minimum atomic E-state index is -0.292. The molecule has 0 aliphatic carbocycles. The van der Waals surface area contributed by atoms with Gasteiger partial charge in [0.25, 0.3) is 0 Å². The van der Waals surface area contributed by atoms with E-state index < -0.39 is 0 Å². The molecule has 164 valence electrons. The van der Waals surface area contributed by atoms with E-state index in [1.54, 1.807) is 12.1 Å². The zero-order valence-electron chi connectivity index (χ0n) is 17.7. The third kappa shape index (κ3) is 6.15. The van der Waals surface area contributed by atoms with E-state index in [1.165, 1.54) is 17.7 Å². The molecule has 0 radical (unpaired) electrons. The second-order valence-electron chi connectivity index (χ2n) is 8.09. The van der Waals surface area contributed by atoms with Crippen LogP contribution in [0.2, 0.25) is 0 Å². The van der Waals surface area contributed by atoms with Crippen molar-refractivity contribution in [2.45, 2.75) is 25.0 Å². The highest BCUT2D eigenvalue weighted by atomic mass is 19.1. The summed E-state index contributed by atoms with van der Waals surface area (Å²) in [6.07, 6.45) is 6.13. The van der Waals surface area contributed by atoms with Crippen LogP contribution in [0.25, 0.3) is 6.08 Å². The van der Waals surface area contributed by atoms with Gasteiger partial charge in [0, 0.05) is 25.7 Å². The number of nitrogens with zero attached hydrogens (tertiary/aromatic N) is 2. The van der Waals surface area contributed by atoms with Gasteiger partial charge in [-0.15, -0.1) is 0 Å². The van der Waals surface area contributed by atoms with Crippen LogP contribution in [0.15, 0.2) is 60.7 Å². The summed E-state index contributed by atoms with van der Waals surface area (Å²) in [5.74, 6) is 0.366. The standard InChI is InChI=1S/C25H29FN2O3/c26-21-8-10-23(11-9-21)30-18-24-17-28(25(29)19-31-24)22-12-15-27(16-13-22)14-4-7-20-5-2-1-3-6-20/h1-11,22,24H,12-19H2/b7-4+. The van der Waals surface area contributed by atoms with E-state index in [-0.39, 0.29) is 30.5 Å². The van der Waals surface area contributed by atoms with Crippen LogP contribution in [0.5, 0.6) is 5.75 Å². The van der Waals surface area contributed by atoms with Crippen molar-refractivity contribution < 1.29 is 18.7 Å². The van der Waals surface area contributed by atoms with Gasteiger partial charge in [0.2, 0.25) is 5.91 Å². The van der Waals surface area contributed by atoms with Crippen molar-refractivity contribution in [1.82, 2.24) is 9.80 Å². The lowest BCUT2D eigenvalue weighted by atomic mass is 10.0. The van der Waals surface area contributed by atoms with Crippen molar-refractivity contribution in [3.05, 3.63) is 72.1 Å². The molecule has 1 amide bonds. The van der Waals surface area contributed by atoms with Crippen molar-refractivity contribution in [3.63, 3.8) is 0 Å². The molecular formula is C25H29FN2O3. The summed E-state index contributed by atoms with van der Waals surface area (Å²) in [5.41, 5.74) is 1.21. The third-order valence-corrected chi connectivity index (χ3v) is 5.88. The van der Waals surface area contributed by atoms with Crippen molar-refractivity contribution in [2.75, 3.05) is 39.4 Å². The maximum atomic E-state index is 13.0. The molecule has 4 rings (SSSR count). The number of carbonyl (C=O) groups is 1. The number of piperidine rings is 1. The Hall–Kier alpha value is -2.70. The zero-order valence-corrected chi connectivity index (χ0v) is 17.7. The molecular weight excluding hydrogens is 395 g/mol. The summed E-state index contributed by atoms with van der Waals surface area (Å²) >= 11 is 0. The van der Waals surface area contributed by atoms with Crippen LogP contribution >= 0.6 is 0 Å². The Morgan fingerprint density at radius 3 is 2.55 bits per heavy atom. The quantitative estimate of drug-likeness (QED) is 0.681. The molecule has 1 unspecified atom stereocenters. The summed E-state index contributed by atoms with van der Waals surface area (Å²) in [5, 5.41) is 0. The fourth-order valence-corrected chi connectivity index (χ4v) is 4.14. The van der Waals surface area contributed by atoms with Crippen molar-refractivity contribution in [1.29, 1.82) is 0 Å². The Bertz CT molecular complexity index is 864. The Labute approximate surface area is 183 Å². The molecule has 0 aromatic heterocycles. The van der Waals surface area contributed by atoms with Gasteiger partial charge in [0.05, 0.1) is 6.54 Å². The number of carbonyl (C=O) groups excluding carboxylic acids is 1. The number of benzene rings is 2. The van der Waals surface area contributed by atoms with Gasteiger partial charge in [-0.3, -0.25) is 9.69 Å². The molecule has 0 spiro atoms. The van der Waals surface area contributed by atoms with Crippen molar-refractivity contribution >= 4 is 12.0 Å². The minimum Gasteiger partial charge on any atom is -0.491 e. The molecule has 5 nitrogen and oxygen atoms in total. The smallest absolute Gasteiger partial charge is 0.248 e. The van der Waals surface area contributed by atoms with Crippen LogP contribution in [-0.2, 0) is 9.53 Å². The molecule has 2 aromatic rings. The van der Waals surface area contributed by atoms with Gasteiger partial charge in [-0.2, -0.15) is 0 Å². The van der Waals surface area contributed by atoms with Crippen LogP contribution in [0, 0.1) is 5.82 Å². The Morgan fingerprint density at radius 1 is 1.06 bits per heavy atom. The number of halogens is 1. The highest BCUT2D eigenvalue weighted by Crippen LogP contribution is 2.21. The zero-order chi connectivity index (χ0) is 21.5. The number of hydrogen-bond acceptors (Lipinski definition) is 4. The molecule has 2 aliphatic rings. The summed E-state index contributed by atoms with van der Waals surface area (Å²) in [6, 6.07) is 16.5. The summed E-state index contributed by atoms with van der Waals surface area (Å²) in [7, 11) is 0. The molecule has 2 aliphatic heterocycles. The first-order valence-corrected chi connectivity index (χ1v) is 10.9. The van der Waals surface area contributed by atoms with Crippen LogP contribution in [0.3, 0.4) is 0 Å². The first-order chi connectivity index (χ1) is 15.2. The van der Waals surface area contributed by atoms with Gasteiger partial charge in [-0.25, -0.2) is 4.39 Å². The van der Waals surface area contributed by atoms with Gasteiger partial charge >= 0.3 is 0 Å². The van der Waals surface area contributed by atoms with E-state index in [2.05, 4.69) is 29.2 Å². The number of likely N-dealkylation sites (tertiary alicyclic amines) is 1. The number of ether oxygens (including phenoxy) is 2. The number of hydrogen-bond donors (Lipinski definition) is 0. The Morgan fingerprint density at radius 2 is 1.81 bits per heavy atom. The topological polar surface area (TPSA) is 42.0 Å². The van der Waals surface area contributed by atoms with Gasteiger partial charge in [-0.1, -0.05) is 42.5 Å². The molecule has 2 fully saturated rings. The van der Waals surface area contributed by atoms with E-state index >= 15 is 0 Å². The first-order valence-electron chi connectivity index (χ1n) is 10.9. The molecule has 1 atom stereocenters. The molecule has 31 heavy (non-hydrogen) atoms. The van der Waals surface area contributed by atoms with Crippen molar-refractivity contribution in [2.24, 2.45) is 0 Å². The van der Waals surface area contributed by atoms with Gasteiger partial charge in [0.1, 0.15) is 30.9 Å². The Balaban J connectivity index is 1.22. The fraction of sp³-hybridized carbons (Fsp3) is 0.400. The lowest BCUT2D eigenvalue weighted by Gasteiger charge is -2.42. The van der Waals surface area contributed by atoms with Gasteiger partial charge < -0.3 is 14.4 Å². The van der Waals surface area contributed by atoms with E-state index in [1.807, 2.05) is 23.1 Å². The van der Waals surface area contributed by atoms with Crippen molar-refractivity contribution in [3.8, 4) is 5.75 Å². The number of morpholine rings is 1. The number of amides is 1. The molecule has 0 saturated carbocycles. The third-order valence-electron chi connectivity index (χ3n) is 5.88. The van der Waals surface area contributed by atoms with Gasteiger partial charge in [0.15, 0.2) is 0 Å². The normalized spacial score (nSPS) is 21.0. The molecule has 2 heterocycles. The second kappa shape index (κ2) is 10.6. The number of rotatable bonds is 7. The lowest BCUT2D eigenvalue weighted by molar-refractivity contribution is -0.155. The van der Waals surface area contributed by atoms with Crippen LogP contribution in [0.4, 0.5) is 4.39 Å². The lowest BCUT2D eigenvalue weighted by Crippen LogP contribution is -2.55. The molecule has 6 heteroatoms. The van der Waals surface area contributed by atoms with E-state index in [0.717, 1.165) is 32.5 Å². The highest BCUT2D eigenvalue weighted by Gasteiger charge is 2.33. The first kappa shape index (κ1) is 21.5. The predicted molar refractivity (Wildman–Crippen MR) is 118 cm³/mol. The summed E-state index contributed by atoms with van der Waals surface area (Å²) in [6.45, 7) is 3.86. The van der Waals surface area contributed by atoms with Crippen LogP contribution in [-0.4, -0.2) is 67.2 Å². The largest absolute Gasteiger partial charge is 0.491 e. The monoisotopic (exact) mass is 424 g/mol. The van der Waals surface area contributed by atoms with E-state index in [4.69, 9.17) is 9.47 Å². The fourth-order valence-electron chi connectivity index (χ4n) is 4.14. The SMILES string of the molecule is O=C1COC(COc2ccc(F)cc2)CN1C1CCN(C/C=C/c2ccccc2)CC1. The Kier molecular flexibility index (Phi) is 7.33. The maximum absolute atomic E-state index is 13.0.